The molecule has 1 aromatic rings. The van der Waals surface area contributed by atoms with E-state index in [-0.39, 0.29) is 6.42 Å². The zero-order chi connectivity index (χ0) is 12.1. The first-order valence-electron chi connectivity index (χ1n) is 4.75. The summed E-state index contributed by atoms with van der Waals surface area (Å²) in [7, 11) is 2.96. The monoisotopic (exact) mass is 226 g/mol. The van der Waals surface area contributed by atoms with Gasteiger partial charge < -0.3 is 14.6 Å². The maximum atomic E-state index is 10.7. The maximum absolute atomic E-state index is 10.7. The number of aromatic nitrogens is 2. The van der Waals surface area contributed by atoms with Crippen LogP contribution in [-0.2, 0) is 11.2 Å². The lowest BCUT2D eigenvalue weighted by Gasteiger charge is -2.08. The highest BCUT2D eigenvalue weighted by Crippen LogP contribution is 2.16. The first-order chi connectivity index (χ1) is 7.56. The molecule has 1 unspecified atom stereocenters. The summed E-state index contributed by atoms with van der Waals surface area (Å²) in [5, 5.41) is 8.78. The molecule has 0 fully saturated rings. The summed E-state index contributed by atoms with van der Waals surface area (Å²) in [6.07, 6.45) is 0.239. The molecule has 6 heteroatoms. The average molecular weight is 226 g/mol. The van der Waals surface area contributed by atoms with Crippen LogP contribution >= 0.6 is 0 Å². The number of carbonyl (C=O) groups is 1. The number of ether oxygens (including phenoxy) is 2. The van der Waals surface area contributed by atoms with E-state index in [0.717, 1.165) is 0 Å². The standard InChI is InChI=1S/C10H14N2O4/c1-6(10(13)14)4-7-11-8(15-2)5-9(12-7)16-3/h5-6H,4H2,1-3H3,(H,13,14). The minimum Gasteiger partial charge on any atom is -0.481 e. The zero-order valence-corrected chi connectivity index (χ0v) is 9.43. The molecule has 0 aliphatic rings. The smallest absolute Gasteiger partial charge is 0.306 e. The zero-order valence-electron chi connectivity index (χ0n) is 9.43. The molecule has 88 valence electrons. The highest BCUT2D eigenvalue weighted by molar-refractivity contribution is 5.69. The molecule has 1 rings (SSSR count). The van der Waals surface area contributed by atoms with Crippen LogP contribution in [0.3, 0.4) is 0 Å². The van der Waals surface area contributed by atoms with Gasteiger partial charge in [-0.3, -0.25) is 4.79 Å². The molecule has 16 heavy (non-hydrogen) atoms. The molecule has 0 aromatic carbocycles. The molecule has 0 saturated heterocycles. The number of hydrogen-bond donors (Lipinski definition) is 1. The largest absolute Gasteiger partial charge is 0.481 e. The fourth-order valence-corrected chi connectivity index (χ4v) is 1.11. The van der Waals surface area contributed by atoms with E-state index < -0.39 is 11.9 Å². The van der Waals surface area contributed by atoms with Crippen molar-refractivity contribution in [3.63, 3.8) is 0 Å². The Hall–Kier alpha value is -1.85. The van der Waals surface area contributed by atoms with Crippen LogP contribution in [0.5, 0.6) is 11.8 Å². The van der Waals surface area contributed by atoms with Crippen molar-refractivity contribution < 1.29 is 19.4 Å². The summed E-state index contributed by atoms with van der Waals surface area (Å²) >= 11 is 0. The van der Waals surface area contributed by atoms with Gasteiger partial charge in [0.2, 0.25) is 11.8 Å². The Kier molecular flexibility index (Phi) is 4.04. The van der Waals surface area contributed by atoms with E-state index in [1.807, 2.05) is 0 Å². The summed E-state index contributed by atoms with van der Waals surface area (Å²) in [6, 6.07) is 1.54. The van der Waals surface area contributed by atoms with Gasteiger partial charge in [-0.2, -0.15) is 9.97 Å². The molecule has 0 saturated carbocycles. The second-order valence-electron chi connectivity index (χ2n) is 3.31. The van der Waals surface area contributed by atoms with Crippen molar-refractivity contribution >= 4 is 5.97 Å². The minimum absolute atomic E-state index is 0.239. The summed E-state index contributed by atoms with van der Waals surface area (Å²) in [5.74, 6) is -0.313. The molecule has 1 aromatic heterocycles. The van der Waals surface area contributed by atoms with Crippen molar-refractivity contribution in [2.75, 3.05) is 14.2 Å². The van der Waals surface area contributed by atoms with Gasteiger partial charge >= 0.3 is 5.97 Å². The van der Waals surface area contributed by atoms with Crippen molar-refractivity contribution in [2.45, 2.75) is 13.3 Å². The second-order valence-corrected chi connectivity index (χ2v) is 3.31. The topological polar surface area (TPSA) is 81.5 Å². The van der Waals surface area contributed by atoms with Crippen LogP contribution in [-0.4, -0.2) is 35.3 Å². The second kappa shape index (κ2) is 5.29. The van der Waals surface area contributed by atoms with Crippen molar-refractivity contribution in [3.05, 3.63) is 11.9 Å². The van der Waals surface area contributed by atoms with Crippen LogP contribution in [0.25, 0.3) is 0 Å². The van der Waals surface area contributed by atoms with Crippen LogP contribution in [0, 0.1) is 5.92 Å². The van der Waals surface area contributed by atoms with E-state index in [2.05, 4.69) is 9.97 Å². The number of methoxy groups -OCH3 is 2. The lowest BCUT2D eigenvalue weighted by molar-refractivity contribution is -0.141. The minimum atomic E-state index is -0.884. The third-order valence-electron chi connectivity index (χ3n) is 2.05. The van der Waals surface area contributed by atoms with Gasteiger partial charge in [0.05, 0.1) is 26.2 Å². The predicted octanol–water partition coefficient (Wildman–Crippen LogP) is 0.757. The molecular weight excluding hydrogens is 212 g/mol. The highest BCUT2D eigenvalue weighted by atomic mass is 16.5. The van der Waals surface area contributed by atoms with Gasteiger partial charge in [0, 0.05) is 6.42 Å². The fourth-order valence-electron chi connectivity index (χ4n) is 1.11. The van der Waals surface area contributed by atoms with Crippen LogP contribution < -0.4 is 9.47 Å². The van der Waals surface area contributed by atoms with Crippen LogP contribution in [0.2, 0.25) is 0 Å². The van der Waals surface area contributed by atoms with Gasteiger partial charge in [-0.15, -0.1) is 0 Å². The van der Waals surface area contributed by atoms with E-state index >= 15 is 0 Å². The molecule has 1 atom stereocenters. The Morgan fingerprint density at radius 1 is 1.38 bits per heavy atom. The highest BCUT2D eigenvalue weighted by Gasteiger charge is 2.15. The lowest BCUT2D eigenvalue weighted by Crippen LogP contribution is -2.14. The van der Waals surface area contributed by atoms with Gasteiger partial charge in [-0.1, -0.05) is 6.92 Å². The maximum Gasteiger partial charge on any atom is 0.306 e. The van der Waals surface area contributed by atoms with Gasteiger partial charge in [0.25, 0.3) is 0 Å². The molecule has 0 spiro atoms. The van der Waals surface area contributed by atoms with Crippen molar-refractivity contribution in [1.29, 1.82) is 0 Å². The van der Waals surface area contributed by atoms with Crippen LogP contribution in [0.15, 0.2) is 6.07 Å². The summed E-state index contributed by atoms with van der Waals surface area (Å²) in [4.78, 5) is 18.8. The number of carboxylic acids is 1. The predicted molar refractivity (Wildman–Crippen MR) is 55.6 cm³/mol. The van der Waals surface area contributed by atoms with Crippen LogP contribution in [0.4, 0.5) is 0 Å². The molecule has 0 aliphatic heterocycles. The molecular formula is C10H14N2O4. The molecule has 0 radical (unpaired) electrons. The van der Waals surface area contributed by atoms with E-state index in [9.17, 15) is 4.79 Å². The van der Waals surface area contributed by atoms with E-state index in [0.29, 0.717) is 17.6 Å². The number of carboxylic acid groups (broad SMARTS) is 1. The molecule has 1 N–H and O–H groups in total. The lowest BCUT2D eigenvalue weighted by atomic mass is 10.1. The Labute approximate surface area is 93.2 Å². The van der Waals surface area contributed by atoms with Gasteiger partial charge in [-0.05, 0) is 0 Å². The van der Waals surface area contributed by atoms with Gasteiger partial charge in [-0.25, -0.2) is 0 Å². The number of aliphatic carboxylic acids is 1. The molecule has 0 bridgehead atoms. The van der Waals surface area contributed by atoms with E-state index in [4.69, 9.17) is 14.6 Å². The van der Waals surface area contributed by atoms with E-state index in [1.54, 1.807) is 6.92 Å². The SMILES string of the molecule is COc1cc(OC)nc(CC(C)C(=O)O)n1. The Morgan fingerprint density at radius 3 is 2.25 bits per heavy atom. The summed E-state index contributed by atoms with van der Waals surface area (Å²) < 4.78 is 9.92. The first kappa shape index (κ1) is 12.2. The Bertz CT molecular complexity index is 359. The van der Waals surface area contributed by atoms with E-state index in [1.165, 1.54) is 20.3 Å². The normalized spacial score (nSPS) is 11.9. The average Bonchev–Trinajstić information content (AvgIpc) is 2.28. The Morgan fingerprint density at radius 2 is 1.88 bits per heavy atom. The van der Waals surface area contributed by atoms with Crippen LogP contribution in [0.1, 0.15) is 12.7 Å². The van der Waals surface area contributed by atoms with Gasteiger partial charge in [0.15, 0.2) is 0 Å². The third-order valence-corrected chi connectivity index (χ3v) is 2.05. The third kappa shape index (κ3) is 3.08. The fraction of sp³-hybridized carbons (Fsp3) is 0.500. The number of rotatable bonds is 5. The quantitative estimate of drug-likeness (QED) is 0.798. The summed E-state index contributed by atoms with van der Waals surface area (Å²) in [5.41, 5.74) is 0. The van der Waals surface area contributed by atoms with Crippen molar-refractivity contribution in [1.82, 2.24) is 9.97 Å². The summed E-state index contributed by atoms with van der Waals surface area (Å²) in [6.45, 7) is 1.59. The molecule has 0 amide bonds. The first-order valence-corrected chi connectivity index (χ1v) is 4.75. The Balaban J connectivity index is 2.90. The van der Waals surface area contributed by atoms with Crippen molar-refractivity contribution in [2.24, 2.45) is 5.92 Å². The molecule has 1 heterocycles. The number of nitrogens with zero attached hydrogens (tertiary/aromatic N) is 2. The van der Waals surface area contributed by atoms with Gasteiger partial charge in [0.1, 0.15) is 5.82 Å². The molecule has 0 aliphatic carbocycles. The van der Waals surface area contributed by atoms with Crippen molar-refractivity contribution in [3.8, 4) is 11.8 Å². The molecule has 6 nitrogen and oxygen atoms in total. The number of hydrogen-bond acceptors (Lipinski definition) is 5.